The number of aromatic amines is 1. The second-order valence-corrected chi connectivity index (χ2v) is 6.07. The number of nitrogens with zero attached hydrogens (tertiary/aromatic N) is 1. The van der Waals surface area contributed by atoms with E-state index in [4.69, 9.17) is 0 Å². The Morgan fingerprint density at radius 2 is 1.71 bits per heavy atom. The molecule has 0 saturated carbocycles. The zero-order chi connectivity index (χ0) is 17.0. The predicted molar refractivity (Wildman–Crippen MR) is 93.5 cm³/mol. The maximum absolute atomic E-state index is 12.3. The zero-order valence-corrected chi connectivity index (χ0v) is 14.0. The molecule has 3 aromatic rings. The van der Waals surface area contributed by atoms with E-state index >= 15 is 0 Å². The summed E-state index contributed by atoms with van der Waals surface area (Å²) in [5.74, 6) is -0.546. The van der Waals surface area contributed by atoms with E-state index < -0.39 is 0 Å². The molecule has 2 N–H and O–H groups in total. The highest BCUT2D eigenvalue weighted by Crippen LogP contribution is 2.40. The Labute approximate surface area is 139 Å². The lowest BCUT2D eigenvalue weighted by atomic mass is 9.94. The van der Waals surface area contributed by atoms with Crippen molar-refractivity contribution >= 4 is 33.8 Å². The number of imide groups is 1. The van der Waals surface area contributed by atoms with E-state index in [9.17, 15) is 9.59 Å². The number of carbonyl (C=O) groups excluding carboxylic acids is 2. The average molecular weight is 321 g/mol. The molecule has 2 aromatic heterocycles. The molecular formula is C19H19N3O2. The Morgan fingerprint density at radius 3 is 2.50 bits per heavy atom. The summed E-state index contributed by atoms with van der Waals surface area (Å²) < 4.78 is 0. The van der Waals surface area contributed by atoms with Crippen molar-refractivity contribution in [2.45, 2.75) is 40.0 Å². The number of H-pyrrole nitrogens is 1. The van der Waals surface area contributed by atoms with Crippen LogP contribution < -0.4 is 5.32 Å². The summed E-state index contributed by atoms with van der Waals surface area (Å²) in [6.07, 6.45) is 2.81. The van der Waals surface area contributed by atoms with Crippen LogP contribution in [-0.4, -0.2) is 21.8 Å². The van der Waals surface area contributed by atoms with E-state index in [0.717, 1.165) is 52.5 Å². The fourth-order valence-corrected chi connectivity index (χ4v) is 3.93. The zero-order valence-electron chi connectivity index (χ0n) is 14.0. The van der Waals surface area contributed by atoms with Gasteiger partial charge < -0.3 is 4.98 Å². The molecule has 3 heterocycles. The van der Waals surface area contributed by atoms with E-state index in [1.165, 1.54) is 5.56 Å². The molecule has 0 saturated heterocycles. The first-order valence-electron chi connectivity index (χ1n) is 8.47. The first kappa shape index (κ1) is 14.9. The molecule has 5 rings (SSSR count). The fourth-order valence-electron chi connectivity index (χ4n) is 3.93. The van der Waals surface area contributed by atoms with Crippen LogP contribution in [0.15, 0.2) is 12.1 Å². The SMILES string of the molecule is CC.Cc1ccc2c(n1)[nH]c1c3c(c4c(c12)C(=O)NC4=O)CCC3. The number of benzene rings is 1. The summed E-state index contributed by atoms with van der Waals surface area (Å²) in [5, 5.41) is 4.22. The molecule has 0 radical (unpaired) electrons. The molecule has 0 bridgehead atoms. The monoisotopic (exact) mass is 321 g/mol. The molecule has 2 aliphatic rings. The van der Waals surface area contributed by atoms with Gasteiger partial charge in [0.25, 0.3) is 11.8 Å². The topological polar surface area (TPSA) is 74.8 Å². The maximum Gasteiger partial charge on any atom is 0.259 e. The van der Waals surface area contributed by atoms with Gasteiger partial charge in [0.15, 0.2) is 0 Å². The molecule has 0 spiro atoms. The third-order valence-corrected chi connectivity index (χ3v) is 4.80. The van der Waals surface area contributed by atoms with Crippen LogP contribution in [0.5, 0.6) is 0 Å². The maximum atomic E-state index is 12.3. The molecule has 1 aliphatic heterocycles. The molecule has 122 valence electrons. The van der Waals surface area contributed by atoms with Gasteiger partial charge in [-0.3, -0.25) is 14.9 Å². The summed E-state index contributed by atoms with van der Waals surface area (Å²) in [7, 11) is 0. The number of nitrogens with one attached hydrogen (secondary N) is 2. The van der Waals surface area contributed by atoms with Crippen LogP contribution in [0.1, 0.15) is 57.8 Å². The highest BCUT2D eigenvalue weighted by molar-refractivity contribution is 6.31. The Hall–Kier alpha value is -2.69. The number of aryl methyl sites for hydroxylation is 2. The van der Waals surface area contributed by atoms with E-state index in [0.29, 0.717) is 11.1 Å². The highest BCUT2D eigenvalue weighted by Gasteiger charge is 2.36. The molecule has 1 aromatic carbocycles. The molecule has 0 fully saturated rings. The lowest BCUT2D eigenvalue weighted by molar-refractivity contribution is 0.0880. The van der Waals surface area contributed by atoms with E-state index in [1.807, 2.05) is 32.9 Å². The van der Waals surface area contributed by atoms with Gasteiger partial charge in [0, 0.05) is 16.5 Å². The minimum absolute atomic E-state index is 0.255. The van der Waals surface area contributed by atoms with Gasteiger partial charge in [-0.2, -0.15) is 0 Å². The predicted octanol–water partition coefficient (Wildman–Crippen LogP) is 3.42. The molecule has 0 atom stereocenters. The van der Waals surface area contributed by atoms with Gasteiger partial charge in [0.1, 0.15) is 5.65 Å². The molecule has 24 heavy (non-hydrogen) atoms. The Kier molecular flexibility index (Phi) is 3.20. The van der Waals surface area contributed by atoms with Gasteiger partial charge in [0.2, 0.25) is 0 Å². The summed E-state index contributed by atoms with van der Waals surface area (Å²) in [6, 6.07) is 3.91. The van der Waals surface area contributed by atoms with E-state index in [-0.39, 0.29) is 11.8 Å². The second kappa shape index (κ2) is 5.16. The third kappa shape index (κ3) is 1.78. The number of aromatic nitrogens is 2. The molecule has 5 heteroatoms. The second-order valence-electron chi connectivity index (χ2n) is 6.07. The summed E-state index contributed by atoms with van der Waals surface area (Å²) in [6.45, 7) is 5.94. The molecular weight excluding hydrogens is 302 g/mol. The number of hydrogen-bond acceptors (Lipinski definition) is 3. The van der Waals surface area contributed by atoms with Crippen LogP contribution in [0.4, 0.5) is 0 Å². The molecule has 0 unspecified atom stereocenters. The lowest BCUT2D eigenvalue weighted by Gasteiger charge is -2.07. The van der Waals surface area contributed by atoms with Gasteiger partial charge >= 0.3 is 0 Å². The minimum Gasteiger partial charge on any atom is -0.339 e. The quantitative estimate of drug-likeness (QED) is 0.623. The summed E-state index contributed by atoms with van der Waals surface area (Å²) >= 11 is 0. The largest absolute Gasteiger partial charge is 0.339 e. The molecule has 2 amide bonds. The standard InChI is InChI=1S/C17H13N3O2.C2H6/c1-7-5-6-10-11-13-12(16(21)20-17(13)22)8-3-2-4-9(8)14(11)19-15(10)18-7;1-2/h5-6H,2-4H2,1H3,(H,18,19)(H,20,21,22);1-2H3. The molecule has 1 aliphatic carbocycles. The van der Waals surface area contributed by atoms with Crippen LogP contribution in [0.3, 0.4) is 0 Å². The smallest absolute Gasteiger partial charge is 0.259 e. The van der Waals surface area contributed by atoms with Crippen LogP contribution in [0, 0.1) is 6.92 Å². The first-order valence-corrected chi connectivity index (χ1v) is 8.47. The van der Waals surface area contributed by atoms with Crippen LogP contribution in [0.2, 0.25) is 0 Å². The van der Waals surface area contributed by atoms with Crippen molar-refractivity contribution in [2.75, 3.05) is 0 Å². The minimum atomic E-state index is -0.291. The Balaban J connectivity index is 0.000000704. The van der Waals surface area contributed by atoms with E-state index in [2.05, 4.69) is 15.3 Å². The van der Waals surface area contributed by atoms with Crippen molar-refractivity contribution in [3.05, 3.63) is 40.1 Å². The lowest BCUT2D eigenvalue weighted by Crippen LogP contribution is -2.20. The fraction of sp³-hybridized carbons (Fsp3) is 0.316. The number of rotatable bonds is 0. The van der Waals surface area contributed by atoms with Crippen molar-refractivity contribution in [1.29, 1.82) is 0 Å². The van der Waals surface area contributed by atoms with Gasteiger partial charge in [-0.05, 0) is 49.4 Å². The first-order chi connectivity index (χ1) is 11.6. The highest BCUT2D eigenvalue weighted by atomic mass is 16.2. The van der Waals surface area contributed by atoms with Crippen LogP contribution in [0.25, 0.3) is 21.9 Å². The van der Waals surface area contributed by atoms with Crippen molar-refractivity contribution < 1.29 is 9.59 Å². The van der Waals surface area contributed by atoms with Crippen molar-refractivity contribution in [2.24, 2.45) is 0 Å². The van der Waals surface area contributed by atoms with Gasteiger partial charge in [-0.1, -0.05) is 13.8 Å². The van der Waals surface area contributed by atoms with Crippen LogP contribution >= 0.6 is 0 Å². The van der Waals surface area contributed by atoms with Gasteiger partial charge in [-0.15, -0.1) is 0 Å². The van der Waals surface area contributed by atoms with Crippen LogP contribution in [-0.2, 0) is 12.8 Å². The summed E-state index contributed by atoms with van der Waals surface area (Å²) in [5.41, 5.74) is 6.01. The normalized spacial score (nSPS) is 15.3. The average Bonchev–Trinajstić information content (AvgIpc) is 3.24. The Bertz CT molecular complexity index is 1030. The van der Waals surface area contributed by atoms with Gasteiger partial charge in [0.05, 0.1) is 16.6 Å². The van der Waals surface area contributed by atoms with Crippen molar-refractivity contribution in [3.8, 4) is 0 Å². The van der Waals surface area contributed by atoms with Gasteiger partial charge in [-0.25, -0.2) is 4.98 Å². The number of amides is 2. The number of fused-ring (bicyclic) bond motifs is 8. The van der Waals surface area contributed by atoms with E-state index in [1.54, 1.807) is 0 Å². The third-order valence-electron chi connectivity index (χ3n) is 4.80. The van der Waals surface area contributed by atoms with Crippen molar-refractivity contribution in [1.82, 2.24) is 15.3 Å². The summed E-state index contributed by atoms with van der Waals surface area (Å²) in [4.78, 5) is 32.5. The number of hydrogen-bond donors (Lipinski definition) is 2. The number of pyridine rings is 1. The molecule has 5 nitrogen and oxygen atoms in total. The van der Waals surface area contributed by atoms with Crippen molar-refractivity contribution in [3.63, 3.8) is 0 Å². The Morgan fingerprint density at radius 1 is 1.00 bits per heavy atom. The number of carbonyl (C=O) groups is 2.